The third-order valence-corrected chi connectivity index (χ3v) is 15.0. The molecule has 0 aromatic rings. The van der Waals surface area contributed by atoms with Gasteiger partial charge in [-0.15, -0.1) is 0 Å². The lowest BCUT2D eigenvalue weighted by molar-refractivity contribution is -0.167. The highest BCUT2D eigenvalue weighted by Gasteiger charge is 2.19. The predicted octanol–water partition coefficient (Wildman–Crippen LogP) is 22.2. The van der Waals surface area contributed by atoms with Crippen LogP contribution in [0.15, 0.2) is 24.3 Å². The second-order valence-corrected chi connectivity index (χ2v) is 22.4. The Kier molecular flexibility index (Phi) is 60.6. The molecule has 0 rings (SSSR count). The van der Waals surface area contributed by atoms with Crippen LogP contribution in [0.3, 0.4) is 0 Å². The molecule has 0 aromatic heterocycles. The molecule has 0 aliphatic carbocycles. The van der Waals surface area contributed by atoms with Crippen LogP contribution in [0.5, 0.6) is 0 Å². The van der Waals surface area contributed by atoms with Crippen LogP contribution in [-0.4, -0.2) is 37.2 Å². The van der Waals surface area contributed by atoms with Gasteiger partial charge in [-0.05, 0) is 51.4 Å². The van der Waals surface area contributed by atoms with E-state index in [1.54, 1.807) is 0 Å². The third-order valence-electron chi connectivity index (χ3n) is 15.0. The van der Waals surface area contributed by atoms with Gasteiger partial charge in [0.2, 0.25) is 0 Å². The molecule has 0 aliphatic heterocycles. The molecule has 0 aliphatic rings. The monoisotopic (exact) mass is 1030 g/mol. The average molecular weight is 1030 g/mol. The summed E-state index contributed by atoms with van der Waals surface area (Å²) in [6.45, 7) is 6.66. The van der Waals surface area contributed by atoms with E-state index in [4.69, 9.17) is 14.2 Å². The Bertz CT molecular complexity index is 1180. The quantitative estimate of drug-likeness (QED) is 0.0261. The van der Waals surface area contributed by atoms with Crippen molar-refractivity contribution in [1.82, 2.24) is 0 Å². The van der Waals surface area contributed by atoms with Gasteiger partial charge in [0.15, 0.2) is 6.10 Å². The van der Waals surface area contributed by atoms with Crippen LogP contribution < -0.4 is 0 Å². The molecule has 0 spiro atoms. The lowest BCUT2D eigenvalue weighted by Gasteiger charge is -2.18. The van der Waals surface area contributed by atoms with Gasteiger partial charge in [-0.1, -0.05) is 321 Å². The third kappa shape index (κ3) is 60.6. The summed E-state index contributed by atoms with van der Waals surface area (Å²) in [5.41, 5.74) is 0. The summed E-state index contributed by atoms with van der Waals surface area (Å²) in [5.74, 6) is -0.842. The van der Waals surface area contributed by atoms with E-state index in [1.165, 1.54) is 263 Å². The molecule has 6 heteroatoms. The van der Waals surface area contributed by atoms with Crippen LogP contribution in [0, 0.1) is 0 Å². The molecule has 1 atom stereocenters. The standard InChI is InChI=1S/C67H126O6/c1-4-7-10-13-16-19-21-23-24-25-26-27-28-29-30-31-32-33-34-35-36-37-38-39-40-41-42-44-45-48-51-54-57-60-66(69)72-63-64(62-71-65(68)59-56-53-50-47-18-15-12-9-6-3)73-67(70)61-58-55-52-49-46-43-22-20-17-14-11-8-5-2/h21,23,25-26,64H,4-20,22,24,27-63H2,1-3H3/b23-21-,26-25-. The highest BCUT2D eigenvalue weighted by atomic mass is 16.6. The Morgan fingerprint density at radius 1 is 0.274 bits per heavy atom. The molecule has 0 saturated carbocycles. The van der Waals surface area contributed by atoms with E-state index in [-0.39, 0.29) is 31.1 Å². The first kappa shape index (κ1) is 70.9. The predicted molar refractivity (Wildman–Crippen MR) is 316 cm³/mol. The van der Waals surface area contributed by atoms with Gasteiger partial charge in [0.05, 0.1) is 0 Å². The smallest absolute Gasteiger partial charge is 0.306 e. The Balaban J connectivity index is 3.96. The van der Waals surface area contributed by atoms with Crippen molar-refractivity contribution in [1.29, 1.82) is 0 Å². The average Bonchev–Trinajstić information content (AvgIpc) is 3.39. The summed E-state index contributed by atoms with van der Waals surface area (Å²) in [6.07, 6.45) is 75.1. The van der Waals surface area contributed by atoms with Crippen molar-refractivity contribution in [3.05, 3.63) is 24.3 Å². The van der Waals surface area contributed by atoms with E-state index in [0.29, 0.717) is 19.3 Å². The number of allylic oxidation sites excluding steroid dienone is 4. The molecule has 0 amide bonds. The number of hydrogen-bond donors (Lipinski definition) is 0. The summed E-state index contributed by atoms with van der Waals surface area (Å²) in [6, 6.07) is 0. The molecule has 0 heterocycles. The summed E-state index contributed by atoms with van der Waals surface area (Å²) in [5, 5.41) is 0. The van der Waals surface area contributed by atoms with Crippen molar-refractivity contribution in [2.75, 3.05) is 13.2 Å². The molecule has 0 saturated heterocycles. The minimum atomic E-state index is -0.763. The fraction of sp³-hybridized carbons (Fsp3) is 0.896. The normalized spacial score (nSPS) is 12.1. The number of ether oxygens (including phenoxy) is 3. The van der Waals surface area contributed by atoms with Crippen LogP contribution in [0.4, 0.5) is 0 Å². The molecule has 0 fully saturated rings. The molecule has 0 bridgehead atoms. The van der Waals surface area contributed by atoms with Gasteiger partial charge in [-0.3, -0.25) is 14.4 Å². The summed E-state index contributed by atoms with van der Waals surface area (Å²) >= 11 is 0. The minimum Gasteiger partial charge on any atom is -0.462 e. The van der Waals surface area contributed by atoms with E-state index in [1.807, 2.05) is 0 Å². The fourth-order valence-electron chi connectivity index (χ4n) is 10.0. The van der Waals surface area contributed by atoms with Crippen molar-refractivity contribution in [2.45, 2.75) is 374 Å². The highest BCUT2D eigenvalue weighted by molar-refractivity contribution is 5.71. The van der Waals surface area contributed by atoms with Crippen LogP contribution in [0.2, 0.25) is 0 Å². The van der Waals surface area contributed by atoms with Crippen LogP contribution in [0.25, 0.3) is 0 Å². The van der Waals surface area contributed by atoms with Gasteiger partial charge >= 0.3 is 17.9 Å². The second-order valence-electron chi connectivity index (χ2n) is 22.4. The maximum Gasteiger partial charge on any atom is 0.306 e. The molecule has 0 aromatic carbocycles. The Hall–Kier alpha value is -2.11. The van der Waals surface area contributed by atoms with Gasteiger partial charge < -0.3 is 14.2 Å². The second kappa shape index (κ2) is 62.4. The van der Waals surface area contributed by atoms with E-state index in [9.17, 15) is 14.4 Å². The minimum absolute atomic E-state index is 0.0638. The molecule has 0 radical (unpaired) electrons. The zero-order chi connectivity index (χ0) is 52.9. The van der Waals surface area contributed by atoms with Crippen LogP contribution in [-0.2, 0) is 28.6 Å². The molecule has 73 heavy (non-hydrogen) atoms. The number of carbonyl (C=O) groups excluding carboxylic acids is 3. The first-order chi connectivity index (χ1) is 36.0. The van der Waals surface area contributed by atoms with Crippen molar-refractivity contribution >= 4 is 17.9 Å². The lowest BCUT2D eigenvalue weighted by Crippen LogP contribution is -2.30. The maximum absolute atomic E-state index is 12.8. The van der Waals surface area contributed by atoms with Gasteiger partial charge in [0.25, 0.3) is 0 Å². The highest BCUT2D eigenvalue weighted by Crippen LogP contribution is 2.18. The van der Waals surface area contributed by atoms with Gasteiger partial charge in [0, 0.05) is 19.3 Å². The molecule has 0 N–H and O–H groups in total. The molecular weight excluding hydrogens is 901 g/mol. The van der Waals surface area contributed by atoms with Crippen molar-refractivity contribution < 1.29 is 28.6 Å². The fourth-order valence-corrected chi connectivity index (χ4v) is 10.0. The summed E-state index contributed by atoms with van der Waals surface area (Å²) in [7, 11) is 0. The zero-order valence-electron chi connectivity index (χ0n) is 49.4. The van der Waals surface area contributed by atoms with Crippen molar-refractivity contribution in [3.8, 4) is 0 Å². The van der Waals surface area contributed by atoms with E-state index in [2.05, 4.69) is 45.1 Å². The van der Waals surface area contributed by atoms with E-state index < -0.39 is 6.10 Å². The Labute approximate surface area is 455 Å². The molecule has 6 nitrogen and oxygen atoms in total. The van der Waals surface area contributed by atoms with Gasteiger partial charge in [-0.2, -0.15) is 0 Å². The Morgan fingerprint density at radius 2 is 0.493 bits per heavy atom. The zero-order valence-corrected chi connectivity index (χ0v) is 49.4. The first-order valence-electron chi connectivity index (χ1n) is 32.8. The summed E-state index contributed by atoms with van der Waals surface area (Å²) < 4.78 is 16.9. The topological polar surface area (TPSA) is 78.9 Å². The number of carbonyl (C=O) groups is 3. The first-order valence-corrected chi connectivity index (χ1v) is 32.8. The van der Waals surface area contributed by atoms with Crippen molar-refractivity contribution in [3.63, 3.8) is 0 Å². The van der Waals surface area contributed by atoms with E-state index >= 15 is 0 Å². The number of rotatable bonds is 61. The van der Waals surface area contributed by atoms with E-state index in [0.717, 1.165) is 64.2 Å². The lowest BCUT2D eigenvalue weighted by atomic mass is 10.0. The largest absolute Gasteiger partial charge is 0.462 e. The number of hydrogen-bond acceptors (Lipinski definition) is 6. The SMILES string of the molecule is CCCCCCC/C=C\C/C=C\CCCCCCCCCCCCCCCCCCCCCCCC(=O)OCC(COC(=O)CCCCCCCCCCC)OC(=O)CCCCCCCCCCCCCCC. The van der Waals surface area contributed by atoms with Crippen LogP contribution in [0.1, 0.15) is 367 Å². The number of unbranched alkanes of at least 4 members (excludes halogenated alkanes) is 46. The molecule has 430 valence electrons. The van der Waals surface area contributed by atoms with Crippen molar-refractivity contribution in [2.24, 2.45) is 0 Å². The van der Waals surface area contributed by atoms with Crippen LogP contribution >= 0.6 is 0 Å². The number of esters is 3. The summed E-state index contributed by atoms with van der Waals surface area (Å²) in [4.78, 5) is 38.1. The van der Waals surface area contributed by atoms with Gasteiger partial charge in [-0.25, -0.2) is 0 Å². The molecular formula is C67H126O6. The Morgan fingerprint density at radius 3 is 0.753 bits per heavy atom. The maximum atomic E-state index is 12.8. The van der Waals surface area contributed by atoms with Gasteiger partial charge in [0.1, 0.15) is 13.2 Å². The molecule has 1 unspecified atom stereocenters.